The molecule has 17 nitrogen and oxygen atoms in total. The van der Waals surface area contributed by atoms with Crippen molar-refractivity contribution in [2.45, 2.75) is 0 Å². The van der Waals surface area contributed by atoms with Gasteiger partial charge in [-0.05, 0) is 218 Å². The van der Waals surface area contributed by atoms with Crippen molar-refractivity contribution in [3.05, 3.63) is 480 Å². The van der Waals surface area contributed by atoms with E-state index in [1.54, 1.807) is 12.4 Å². The van der Waals surface area contributed by atoms with E-state index in [9.17, 15) is 0 Å². The highest BCUT2D eigenvalue weighted by molar-refractivity contribution is 6.13. The molecule has 0 saturated heterocycles. The summed E-state index contributed by atoms with van der Waals surface area (Å²) in [6, 6.07) is 145. The van der Waals surface area contributed by atoms with E-state index in [0.29, 0.717) is 40.8 Å². The zero-order valence-electron chi connectivity index (χ0n) is 77.2. The van der Waals surface area contributed by atoms with E-state index in [4.69, 9.17) is 54.8 Å². The number of fused-ring (bicyclic) bond motifs is 12. The van der Waals surface area contributed by atoms with E-state index < -0.39 is 0 Å². The van der Waals surface area contributed by atoms with Crippen LogP contribution in [0.5, 0.6) is 0 Å². The van der Waals surface area contributed by atoms with Gasteiger partial charge in [0.1, 0.15) is 0 Å². The lowest BCUT2D eigenvalue weighted by molar-refractivity contribution is 1.07. The van der Waals surface area contributed by atoms with Crippen molar-refractivity contribution in [3.8, 4) is 169 Å². The second-order valence-electron chi connectivity index (χ2n) is 35.1. The molecule has 27 rings (SSSR count). The third-order valence-electron chi connectivity index (χ3n) is 26.0. The number of hydrogen-bond acceptors (Lipinski definition) is 17. The first-order valence-electron chi connectivity index (χ1n) is 47.4. The maximum absolute atomic E-state index is 5.18. The minimum absolute atomic E-state index is 0.587. The van der Waals surface area contributed by atoms with E-state index in [1.165, 1.54) is 0 Å². The summed E-state index contributed by atoms with van der Waals surface area (Å²) in [5.74, 6) is 4.34. The molecule has 0 spiro atoms. The average molecular weight is 1840 g/mol. The monoisotopic (exact) mass is 1840 g/mol. The Morgan fingerprint density at radius 3 is 0.938 bits per heavy atom. The Kier molecular flexibility index (Phi) is 22.6. The van der Waals surface area contributed by atoms with Gasteiger partial charge in [0.05, 0.1) is 61.0 Å². The number of pyridine rings is 7. The van der Waals surface area contributed by atoms with Gasteiger partial charge in [-0.25, -0.2) is 39.9 Å². The van der Waals surface area contributed by atoms with E-state index in [0.717, 1.165) is 226 Å². The summed E-state index contributed by atoms with van der Waals surface area (Å²) in [5.41, 5.74) is 30.8. The van der Waals surface area contributed by atoms with Crippen molar-refractivity contribution in [1.29, 1.82) is 0 Å². The molecule has 672 valence electrons. The Morgan fingerprint density at radius 2 is 0.444 bits per heavy atom. The highest BCUT2D eigenvalue weighted by Gasteiger charge is 2.24. The molecule has 0 radical (unpaired) electrons. The normalized spacial score (nSPS) is 11.3. The van der Waals surface area contributed by atoms with Gasteiger partial charge in [0.2, 0.25) is 0 Å². The third kappa shape index (κ3) is 17.4. The average Bonchev–Trinajstić information content (AvgIpc) is 0.753. The Morgan fingerprint density at radius 1 is 0.125 bits per heavy atom. The van der Waals surface area contributed by atoms with Crippen molar-refractivity contribution in [2.24, 2.45) is 0 Å². The van der Waals surface area contributed by atoms with Crippen LogP contribution in [-0.2, 0) is 0 Å². The van der Waals surface area contributed by atoms with Gasteiger partial charge in [0.15, 0.2) is 40.8 Å². The summed E-state index contributed by atoms with van der Waals surface area (Å²) in [6.07, 6.45) is 16.3. The van der Waals surface area contributed by atoms with Crippen LogP contribution >= 0.6 is 0 Å². The summed E-state index contributed by atoms with van der Waals surface area (Å²) in [5, 5.41) is 9.67. The molecule has 144 heavy (non-hydrogen) atoms. The first kappa shape index (κ1) is 85.7. The molecule has 0 fully saturated rings. The fraction of sp³-hybridized carbons (Fsp3) is 0. The molecule has 0 atom stereocenters. The molecular weight excluding hydrogens is 1760 g/mol. The van der Waals surface area contributed by atoms with Gasteiger partial charge in [-0.2, -0.15) is 0 Å². The maximum atomic E-state index is 5.18. The second-order valence-corrected chi connectivity index (χ2v) is 35.1. The first-order chi connectivity index (χ1) is 71.3. The molecule has 27 aromatic rings. The Hall–Kier alpha value is -19.9. The molecule has 0 bridgehead atoms. The number of benzene rings is 16. The maximum Gasteiger partial charge on any atom is 0.164 e. The molecule has 11 heterocycles. The molecule has 16 aromatic carbocycles. The van der Waals surface area contributed by atoms with E-state index in [-0.39, 0.29) is 0 Å². The van der Waals surface area contributed by atoms with E-state index in [1.807, 2.05) is 262 Å². The number of para-hydroxylation sites is 1. The number of aromatic nitrogens is 17. The van der Waals surface area contributed by atoms with Gasteiger partial charge in [-0.3, -0.25) is 44.9 Å². The van der Waals surface area contributed by atoms with Crippen LogP contribution in [0.3, 0.4) is 0 Å². The third-order valence-corrected chi connectivity index (χ3v) is 26.0. The first-order valence-corrected chi connectivity index (χ1v) is 47.4. The van der Waals surface area contributed by atoms with Crippen molar-refractivity contribution in [3.63, 3.8) is 0 Å². The lowest BCUT2D eigenvalue weighted by Crippen LogP contribution is -2.00. The van der Waals surface area contributed by atoms with Crippen molar-refractivity contribution < 1.29 is 0 Å². The molecule has 0 aliphatic rings. The fourth-order valence-corrected chi connectivity index (χ4v) is 18.9. The summed E-state index contributed by atoms with van der Waals surface area (Å²) < 4.78 is 0. The van der Waals surface area contributed by atoms with Gasteiger partial charge in [0.25, 0.3) is 0 Å². The van der Waals surface area contributed by atoms with E-state index in [2.05, 4.69) is 236 Å². The molecule has 0 N–H and O–H groups in total. The van der Waals surface area contributed by atoms with Gasteiger partial charge in [-0.1, -0.05) is 273 Å². The Balaban J connectivity index is 0.000000113. The Bertz CT molecular complexity index is 9070. The second kappa shape index (κ2) is 37.9. The molecule has 0 aliphatic heterocycles. The largest absolute Gasteiger partial charge is 0.256 e. The standard InChI is InChI=1S/C43H27N5.2C42H26N6/c1-3-9-29(10-4-1)41-46-42(30-11-5-2-6-12-30)48-43(47-41)37-26-35(25-36(27-37)32-18-20-39-34(24-32)14-8-21-44-39)31-17-19-38-33(23-31)16-15-28-13-7-22-45-40(28)38;1-3-9-27(10-4-1)37-26-38(28-11-5-2-6-12-28)48-42(47-37)33-22-31(29-15-16-36-39(25-29)44-20-19-43-36)21-32(23-33)35-24-30-13-7-17-45-40(30)41-34(35)14-8-18-46-41;1-3-11-27(12-4-1)40-46-41(28-13-5-2-6-14-28)48-42(47-40)33-23-31(34-21-29-15-7-8-18-37(29)45-26-34)22-32(24-33)36-25-30-16-9-19-43-38(30)39-35(36)17-10-20-44-39/h1-27H;2*1-26H. The van der Waals surface area contributed by atoms with Crippen molar-refractivity contribution in [1.82, 2.24) is 84.7 Å². The highest BCUT2D eigenvalue weighted by atomic mass is 15.0. The lowest BCUT2D eigenvalue weighted by atomic mass is 9.92. The predicted octanol–water partition coefficient (Wildman–Crippen LogP) is 30.2. The van der Waals surface area contributed by atoms with Gasteiger partial charge >= 0.3 is 0 Å². The smallest absolute Gasteiger partial charge is 0.164 e. The molecule has 0 aliphatic carbocycles. The van der Waals surface area contributed by atoms with Gasteiger partial charge in [-0.15, -0.1) is 0 Å². The summed E-state index contributed by atoms with van der Waals surface area (Å²) in [7, 11) is 0. The zero-order chi connectivity index (χ0) is 95.6. The van der Waals surface area contributed by atoms with Crippen molar-refractivity contribution >= 4 is 98.1 Å². The van der Waals surface area contributed by atoms with Crippen LogP contribution in [0.2, 0.25) is 0 Å². The van der Waals surface area contributed by atoms with Crippen molar-refractivity contribution in [2.75, 3.05) is 0 Å². The van der Waals surface area contributed by atoms with Crippen LogP contribution in [-0.4, -0.2) is 84.7 Å². The van der Waals surface area contributed by atoms with Crippen LogP contribution in [0.25, 0.3) is 267 Å². The zero-order valence-corrected chi connectivity index (χ0v) is 77.2. The fourth-order valence-electron chi connectivity index (χ4n) is 18.9. The molecule has 0 amide bonds. The summed E-state index contributed by atoms with van der Waals surface area (Å²) in [4.78, 5) is 82.5. The van der Waals surface area contributed by atoms with E-state index >= 15 is 0 Å². The van der Waals surface area contributed by atoms with Gasteiger partial charge < -0.3 is 0 Å². The van der Waals surface area contributed by atoms with Crippen LogP contribution in [0, 0.1) is 0 Å². The Labute approximate surface area is 826 Å². The SMILES string of the molecule is c1ccc(-c2cc(-c3ccccc3)nc(-c3cc(-c4ccc5nccnc5c4)cc(-c4cc5cccnc5c5ncccc45)c3)n2)cc1.c1ccc(-c2nc(-c3ccccc3)nc(-c3cc(-c4ccc5ncccc5c4)cc(-c4ccc5c(ccc6cccnc65)c4)c3)n2)cc1.c1ccc(-c2nc(-c3ccccc3)nc(-c3cc(-c4cnc5ccccc5c4)cc(-c4cc5cccnc5c5ncccc45)c3)n2)cc1. The summed E-state index contributed by atoms with van der Waals surface area (Å²) in [6.45, 7) is 0. The minimum Gasteiger partial charge on any atom is -0.256 e. The minimum atomic E-state index is 0.587. The quantitative estimate of drug-likeness (QED) is 0.0871. The summed E-state index contributed by atoms with van der Waals surface area (Å²) >= 11 is 0. The van der Waals surface area contributed by atoms with Gasteiger partial charge in [0, 0.05) is 154 Å². The number of rotatable bonds is 15. The highest BCUT2D eigenvalue weighted by Crippen LogP contribution is 2.44. The van der Waals surface area contributed by atoms with Crippen LogP contribution in [0.15, 0.2) is 480 Å². The van der Waals surface area contributed by atoms with Crippen LogP contribution in [0.4, 0.5) is 0 Å². The number of hydrogen-bond donors (Lipinski definition) is 0. The molecule has 17 heteroatoms. The lowest BCUT2D eigenvalue weighted by Gasteiger charge is -2.15. The predicted molar refractivity (Wildman–Crippen MR) is 581 cm³/mol. The molecular formula is C127H79N17. The molecule has 0 saturated carbocycles. The van der Waals surface area contributed by atoms with Crippen LogP contribution in [0.1, 0.15) is 0 Å². The number of nitrogens with zero attached hydrogens (tertiary/aromatic N) is 17. The molecule has 11 aromatic heterocycles. The van der Waals surface area contributed by atoms with Crippen LogP contribution < -0.4 is 0 Å². The topological polar surface area (TPSA) is 219 Å². The molecule has 0 unspecified atom stereocenters.